The molecule has 2 rings (SSSR count). The molecule has 2 N–H and O–H groups in total. The Morgan fingerprint density at radius 2 is 1.86 bits per heavy atom. The molecule has 1 fully saturated rings. The maximum Gasteiger partial charge on any atom is 0.0658 e. The summed E-state index contributed by atoms with van der Waals surface area (Å²) >= 11 is 6.37. The van der Waals surface area contributed by atoms with E-state index in [-0.39, 0.29) is 0 Å². The highest BCUT2D eigenvalue weighted by atomic mass is 35.5. The summed E-state index contributed by atoms with van der Waals surface area (Å²) in [5.74, 6) is 0. The van der Waals surface area contributed by atoms with Crippen molar-refractivity contribution in [2.45, 2.75) is 39.2 Å². The van der Waals surface area contributed by atoms with Crippen molar-refractivity contribution < 1.29 is 0 Å². The molecule has 1 saturated carbocycles. The molecule has 0 amide bonds. The van der Waals surface area contributed by atoms with E-state index in [1.165, 1.54) is 12.8 Å². The molecule has 0 saturated heterocycles. The van der Waals surface area contributed by atoms with E-state index in [1.54, 1.807) is 0 Å². The standard InChI is InChI=1S/C17H23ClN2.C2H4/c1-5-8-19-17-9-14(12(4)11(2)3)16(10-15(17)18)20-13-6-7-13;1-2/h9-10,13,19-20H,2,4-8H2,1,3H3;1-2H2. The highest BCUT2D eigenvalue weighted by Crippen LogP contribution is 2.37. The lowest BCUT2D eigenvalue weighted by molar-refractivity contribution is 0.979. The molecular weight excluding hydrogens is 292 g/mol. The van der Waals surface area contributed by atoms with Crippen LogP contribution in [-0.4, -0.2) is 12.6 Å². The van der Waals surface area contributed by atoms with Crippen molar-refractivity contribution in [1.29, 1.82) is 0 Å². The van der Waals surface area contributed by atoms with Crippen LogP contribution in [0.25, 0.3) is 5.57 Å². The number of rotatable bonds is 7. The van der Waals surface area contributed by atoms with Gasteiger partial charge in [-0.25, -0.2) is 0 Å². The predicted molar refractivity (Wildman–Crippen MR) is 102 cm³/mol. The molecule has 0 aromatic heterocycles. The third-order valence-corrected chi connectivity index (χ3v) is 3.76. The van der Waals surface area contributed by atoms with Gasteiger partial charge in [-0.05, 0) is 43.9 Å². The fourth-order valence-corrected chi connectivity index (χ4v) is 2.25. The summed E-state index contributed by atoms with van der Waals surface area (Å²) in [6.45, 7) is 19.2. The molecule has 0 heterocycles. The second kappa shape index (κ2) is 8.70. The molecule has 22 heavy (non-hydrogen) atoms. The van der Waals surface area contributed by atoms with Crippen molar-refractivity contribution in [2.75, 3.05) is 17.2 Å². The van der Waals surface area contributed by atoms with Crippen LogP contribution in [0, 0.1) is 0 Å². The first kappa shape index (κ1) is 18.4. The molecule has 0 atom stereocenters. The summed E-state index contributed by atoms with van der Waals surface area (Å²) in [7, 11) is 0. The van der Waals surface area contributed by atoms with Gasteiger partial charge >= 0.3 is 0 Å². The molecule has 1 aliphatic carbocycles. The van der Waals surface area contributed by atoms with Gasteiger partial charge in [0, 0.05) is 23.8 Å². The monoisotopic (exact) mass is 318 g/mol. The lowest BCUT2D eigenvalue weighted by atomic mass is 9.99. The average Bonchev–Trinajstić information content (AvgIpc) is 3.31. The fourth-order valence-electron chi connectivity index (χ4n) is 2.01. The second-order valence-electron chi connectivity index (χ2n) is 5.48. The third kappa shape index (κ3) is 4.96. The van der Waals surface area contributed by atoms with Gasteiger partial charge in [0.1, 0.15) is 0 Å². The van der Waals surface area contributed by atoms with E-state index >= 15 is 0 Å². The van der Waals surface area contributed by atoms with E-state index in [0.717, 1.165) is 46.1 Å². The van der Waals surface area contributed by atoms with Gasteiger partial charge in [0.25, 0.3) is 0 Å². The number of allylic oxidation sites excluding steroid dienone is 2. The van der Waals surface area contributed by atoms with Gasteiger partial charge in [-0.15, -0.1) is 13.2 Å². The summed E-state index contributed by atoms with van der Waals surface area (Å²) in [6, 6.07) is 4.67. The van der Waals surface area contributed by atoms with Crippen LogP contribution in [0.2, 0.25) is 5.02 Å². The first-order valence-corrected chi connectivity index (χ1v) is 8.09. The van der Waals surface area contributed by atoms with Gasteiger partial charge in [0.05, 0.1) is 10.7 Å². The Morgan fingerprint density at radius 1 is 1.23 bits per heavy atom. The molecule has 0 unspecified atom stereocenters. The van der Waals surface area contributed by atoms with Crippen molar-refractivity contribution in [3.63, 3.8) is 0 Å². The minimum atomic E-state index is 0.581. The summed E-state index contributed by atoms with van der Waals surface area (Å²) in [5, 5.41) is 7.64. The molecule has 1 aromatic carbocycles. The zero-order chi connectivity index (χ0) is 16.7. The summed E-state index contributed by atoms with van der Waals surface area (Å²) in [4.78, 5) is 0. The molecule has 1 aromatic rings. The Hall–Kier alpha value is -1.67. The van der Waals surface area contributed by atoms with Crippen LogP contribution < -0.4 is 10.6 Å². The Morgan fingerprint density at radius 3 is 2.36 bits per heavy atom. The Bertz CT molecular complexity index is 545. The number of halogens is 1. The van der Waals surface area contributed by atoms with Crippen LogP contribution >= 0.6 is 11.6 Å². The van der Waals surface area contributed by atoms with Crippen molar-refractivity contribution in [3.8, 4) is 0 Å². The zero-order valence-corrected chi connectivity index (χ0v) is 14.5. The van der Waals surface area contributed by atoms with Crippen molar-refractivity contribution in [1.82, 2.24) is 0 Å². The van der Waals surface area contributed by atoms with Crippen LogP contribution in [0.3, 0.4) is 0 Å². The van der Waals surface area contributed by atoms with Crippen LogP contribution in [0.4, 0.5) is 11.4 Å². The maximum absolute atomic E-state index is 6.37. The Balaban J connectivity index is 0.00000116. The molecule has 3 heteroatoms. The fraction of sp³-hybridized carbons (Fsp3) is 0.368. The largest absolute Gasteiger partial charge is 0.384 e. The molecule has 0 bridgehead atoms. The highest BCUT2D eigenvalue weighted by molar-refractivity contribution is 6.33. The number of nitrogens with one attached hydrogen (secondary N) is 2. The first-order valence-electron chi connectivity index (χ1n) is 7.72. The van der Waals surface area contributed by atoms with Gasteiger partial charge < -0.3 is 10.6 Å². The van der Waals surface area contributed by atoms with E-state index in [0.29, 0.717) is 6.04 Å². The average molecular weight is 319 g/mol. The maximum atomic E-state index is 6.37. The lowest BCUT2D eigenvalue weighted by Gasteiger charge is -2.17. The molecular formula is C19H27ClN2. The number of benzene rings is 1. The van der Waals surface area contributed by atoms with E-state index in [1.807, 2.05) is 13.0 Å². The van der Waals surface area contributed by atoms with E-state index in [9.17, 15) is 0 Å². The zero-order valence-electron chi connectivity index (χ0n) is 13.8. The van der Waals surface area contributed by atoms with Gasteiger partial charge in [-0.2, -0.15) is 0 Å². The van der Waals surface area contributed by atoms with Crippen molar-refractivity contribution in [2.24, 2.45) is 0 Å². The Kier molecular flexibility index (Phi) is 7.26. The quantitative estimate of drug-likeness (QED) is 0.467. The van der Waals surface area contributed by atoms with E-state index < -0.39 is 0 Å². The number of hydrogen-bond donors (Lipinski definition) is 2. The van der Waals surface area contributed by atoms with Gasteiger partial charge in [-0.3, -0.25) is 0 Å². The smallest absolute Gasteiger partial charge is 0.0658 e. The molecule has 0 radical (unpaired) electrons. The van der Waals surface area contributed by atoms with E-state index in [4.69, 9.17) is 11.6 Å². The summed E-state index contributed by atoms with van der Waals surface area (Å²) in [6.07, 6.45) is 3.52. The van der Waals surface area contributed by atoms with Gasteiger partial charge in [-0.1, -0.05) is 37.3 Å². The second-order valence-corrected chi connectivity index (χ2v) is 5.89. The molecule has 1 aliphatic rings. The minimum Gasteiger partial charge on any atom is -0.384 e. The number of hydrogen-bond acceptors (Lipinski definition) is 2. The molecule has 0 aliphatic heterocycles. The predicted octanol–water partition coefficient (Wildman–Crippen LogP) is 6.13. The Labute approximate surface area is 140 Å². The van der Waals surface area contributed by atoms with Crippen LogP contribution in [-0.2, 0) is 0 Å². The van der Waals surface area contributed by atoms with Crippen LogP contribution in [0.15, 0.2) is 44.0 Å². The topological polar surface area (TPSA) is 24.1 Å². The molecule has 2 nitrogen and oxygen atoms in total. The summed E-state index contributed by atoms with van der Waals surface area (Å²) in [5.41, 5.74) is 5.06. The molecule has 120 valence electrons. The normalized spacial score (nSPS) is 12.9. The molecule has 0 spiro atoms. The summed E-state index contributed by atoms with van der Waals surface area (Å²) < 4.78 is 0. The van der Waals surface area contributed by atoms with Gasteiger partial charge in [0.2, 0.25) is 0 Å². The van der Waals surface area contributed by atoms with Crippen LogP contribution in [0.1, 0.15) is 38.7 Å². The van der Waals surface area contributed by atoms with E-state index in [2.05, 4.69) is 49.9 Å². The first-order chi connectivity index (χ1) is 10.5. The van der Waals surface area contributed by atoms with Crippen molar-refractivity contribution >= 4 is 28.5 Å². The number of anilines is 2. The minimum absolute atomic E-state index is 0.581. The third-order valence-electron chi connectivity index (χ3n) is 3.45. The van der Waals surface area contributed by atoms with Gasteiger partial charge in [0.15, 0.2) is 0 Å². The van der Waals surface area contributed by atoms with Crippen LogP contribution in [0.5, 0.6) is 0 Å². The lowest BCUT2D eigenvalue weighted by Crippen LogP contribution is -2.06. The SMILES string of the molecule is C=C.C=C(C)C(=C)c1cc(NCCC)c(Cl)cc1NC1CC1. The van der Waals surface area contributed by atoms with Crippen molar-refractivity contribution in [3.05, 3.63) is 54.6 Å². The highest BCUT2D eigenvalue weighted by Gasteiger charge is 2.23.